The van der Waals surface area contributed by atoms with Gasteiger partial charge in [0.05, 0.1) is 13.7 Å². The van der Waals surface area contributed by atoms with Gasteiger partial charge in [0.15, 0.2) is 11.5 Å². The lowest BCUT2D eigenvalue weighted by Crippen LogP contribution is -2.21. The average molecular weight is 300 g/mol. The Morgan fingerprint density at radius 1 is 1.41 bits per heavy atom. The molecule has 0 bridgehead atoms. The number of rotatable bonds is 5. The second-order valence-electron chi connectivity index (χ2n) is 4.37. The van der Waals surface area contributed by atoms with Crippen LogP contribution in [-0.4, -0.2) is 20.3 Å². The third kappa shape index (κ3) is 2.16. The molecule has 2 N–H and O–H groups in total. The summed E-state index contributed by atoms with van der Waals surface area (Å²) in [6, 6.07) is 3.93. The summed E-state index contributed by atoms with van der Waals surface area (Å²) in [4.78, 5) is 0. The largest absolute Gasteiger partial charge is 0.493 e. The van der Waals surface area contributed by atoms with E-state index in [-0.39, 0.29) is 5.41 Å². The van der Waals surface area contributed by atoms with Gasteiger partial charge in [0.1, 0.15) is 0 Å². The van der Waals surface area contributed by atoms with Crippen LogP contribution in [0.2, 0.25) is 0 Å². The molecule has 1 aromatic carbocycles. The number of benzene rings is 1. The van der Waals surface area contributed by atoms with E-state index in [1.807, 2.05) is 19.1 Å². The van der Waals surface area contributed by atoms with Crippen LogP contribution in [0.25, 0.3) is 0 Å². The molecule has 3 nitrogen and oxygen atoms in total. The number of halogens is 1. The minimum absolute atomic E-state index is 0.0812. The van der Waals surface area contributed by atoms with E-state index in [0.717, 1.165) is 28.8 Å². The molecule has 0 amide bonds. The third-order valence-electron chi connectivity index (χ3n) is 3.35. The maximum absolute atomic E-state index is 5.91. The van der Waals surface area contributed by atoms with Crippen LogP contribution in [0.15, 0.2) is 16.6 Å². The van der Waals surface area contributed by atoms with Crippen molar-refractivity contribution in [1.82, 2.24) is 0 Å². The zero-order chi connectivity index (χ0) is 12.5. The Hall–Kier alpha value is -0.740. The lowest BCUT2D eigenvalue weighted by Gasteiger charge is -2.21. The number of ether oxygens (including phenoxy) is 2. The van der Waals surface area contributed by atoms with Crippen molar-refractivity contribution in [1.29, 1.82) is 0 Å². The second-order valence-corrected chi connectivity index (χ2v) is 5.23. The van der Waals surface area contributed by atoms with Gasteiger partial charge in [0.2, 0.25) is 0 Å². The first-order valence-electron chi connectivity index (χ1n) is 5.88. The molecule has 2 rings (SSSR count). The molecule has 0 saturated heterocycles. The summed E-state index contributed by atoms with van der Waals surface area (Å²) in [5, 5.41) is 0. The van der Waals surface area contributed by atoms with Crippen LogP contribution in [0.1, 0.15) is 25.3 Å². The molecule has 0 heterocycles. The smallest absolute Gasteiger partial charge is 0.166 e. The van der Waals surface area contributed by atoms with E-state index < -0.39 is 0 Å². The second kappa shape index (κ2) is 4.86. The topological polar surface area (TPSA) is 44.5 Å². The summed E-state index contributed by atoms with van der Waals surface area (Å²) in [5.74, 6) is 1.62. The van der Waals surface area contributed by atoms with Gasteiger partial charge < -0.3 is 15.2 Å². The number of methoxy groups -OCH3 is 1. The van der Waals surface area contributed by atoms with Crippen LogP contribution in [0.3, 0.4) is 0 Å². The summed E-state index contributed by atoms with van der Waals surface area (Å²) in [5.41, 5.74) is 7.16. The lowest BCUT2D eigenvalue weighted by atomic mass is 9.94. The molecule has 1 saturated carbocycles. The van der Waals surface area contributed by atoms with E-state index >= 15 is 0 Å². The van der Waals surface area contributed by atoms with Gasteiger partial charge >= 0.3 is 0 Å². The minimum atomic E-state index is 0.0812. The molecule has 17 heavy (non-hydrogen) atoms. The number of hydrogen-bond acceptors (Lipinski definition) is 3. The highest BCUT2D eigenvalue weighted by Gasteiger charge is 2.46. The molecular formula is C13H18BrNO2. The average Bonchev–Trinajstić information content (AvgIpc) is 3.11. The zero-order valence-electron chi connectivity index (χ0n) is 10.3. The molecule has 1 fully saturated rings. The van der Waals surface area contributed by atoms with Crippen molar-refractivity contribution in [2.45, 2.75) is 25.2 Å². The van der Waals surface area contributed by atoms with Gasteiger partial charge in [-0.05, 0) is 31.9 Å². The van der Waals surface area contributed by atoms with Crippen molar-refractivity contribution < 1.29 is 9.47 Å². The summed E-state index contributed by atoms with van der Waals surface area (Å²) < 4.78 is 12.2. The fourth-order valence-electron chi connectivity index (χ4n) is 2.19. The summed E-state index contributed by atoms with van der Waals surface area (Å²) in [7, 11) is 1.66. The van der Waals surface area contributed by atoms with Crippen LogP contribution < -0.4 is 15.2 Å². The van der Waals surface area contributed by atoms with Gasteiger partial charge in [-0.1, -0.05) is 15.9 Å². The fourth-order valence-corrected chi connectivity index (χ4v) is 2.92. The molecule has 1 aromatic rings. The summed E-state index contributed by atoms with van der Waals surface area (Å²) in [6.07, 6.45) is 2.24. The molecule has 0 radical (unpaired) electrons. The Morgan fingerprint density at radius 3 is 2.59 bits per heavy atom. The van der Waals surface area contributed by atoms with Gasteiger partial charge in [-0.2, -0.15) is 0 Å². The molecule has 0 unspecified atom stereocenters. The zero-order valence-corrected chi connectivity index (χ0v) is 11.8. The van der Waals surface area contributed by atoms with Crippen LogP contribution in [0.4, 0.5) is 0 Å². The Bertz CT molecular complexity index is 416. The first-order valence-corrected chi connectivity index (χ1v) is 6.67. The van der Waals surface area contributed by atoms with E-state index in [0.29, 0.717) is 13.2 Å². The molecular weight excluding hydrogens is 282 g/mol. The molecule has 0 atom stereocenters. The Morgan fingerprint density at radius 2 is 2.12 bits per heavy atom. The van der Waals surface area contributed by atoms with Gasteiger partial charge in [-0.15, -0.1) is 0 Å². The first-order chi connectivity index (χ1) is 8.18. The molecule has 4 heteroatoms. The lowest BCUT2D eigenvalue weighted by molar-refractivity contribution is 0.304. The normalized spacial score (nSPS) is 16.7. The highest BCUT2D eigenvalue weighted by Crippen LogP contribution is 2.55. The SMILES string of the molecule is CCOc1c(OC)ccc(Br)c1C1(CN)CC1. The number of nitrogens with two attached hydrogens (primary N) is 1. The predicted octanol–water partition coefficient (Wildman–Crippen LogP) is 2.85. The monoisotopic (exact) mass is 299 g/mol. The fraction of sp³-hybridized carbons (Fsp3) is 0.538. The molecule has 1 aliphatic rings. The Kier molecular flexibility index (Phi) is 3.64. The van der Waals surface area contributed by atoms with Crippen molar-refractivity contribution in [2.24, 2.45) is 5.73 Å². The van der Waals surface area contributed by atoms with Gasteiger partial charge in [-0.3, -0.25) is 0 Å². The van der Waals surface area contributed by atoms with Crippen molar-refractivity contribution in [3.05, 3.63) is 22.2 Å². The maximum atomic E-state index is 5.91. The van der Waals surface area contributed by atoms with Gasteiger partial charge in [0, 0.05) is 22.0 Å². The molecule has 1 aliphatic carbocycles. The van der Waals surface area contributed by atoms with Crippen LogP contribution in [0, 0.1) is 0 Å². The van der Waals surface area contributed by atoms with Crippen molar-refractivity contribution in [3.63, 3.8) is 0 Å². The quantitative estimate of drug-likeness (QED) is 0.909. The highest BCUT2D eigenvalue weighted by atomic mass is 79.9. The van der Waals surface area contributed by atoms with Crippen molar-refractivity contribution >= 4 is 15.9 Å². The number of hydrogen-bond donors (Lipinski definition) is 1. The molecule has 0 spiro atoms. The summed E-state index contributed by atoms with van der Waals surface area (Å²) >= 11 is 3.61. The van der Waals surface area contributed by atoms with E-state index in [1.165, 1.54) is 5.56 Å². The van der Waals surface area contributed by atoms with Crippen molar-refractivity contribution in [2.75, 3.05) is 20.3 Å². The molecule has 0 aliphatic heterocycles. The highest BCUT2D eigenvalue weighted by molar-refractivity contribution is 9.10. The molecule has 0 aromatic heterocycles. The van der Waals surface area contributed by atoms with Crippen LogP contribution in [-0.2, 0) is 5.41 Å². The standard InChI is InChI=1S/C13H18BrNO2/c1-3-17-12-10(16-2)5-4-9(14)11(12)13(8-15)6-7-13/h4-5H,3,6-8,15H2,1-2H3. The van der Waals surface area contributed by atoms with Crippen LogP contribution in [0.5, 0.6) is 11.5 Å². The molecule has 94 valence electrons. The van der Waals surface area contributed by atoms with E-state index in [4.69, 9.17) is 15.2 Å². The predicted molar refractivity (Wildman–Crippen MR) is 71.8 cm³/mol. The van der Waals surface area contributed by atoms with Crippen molar-refractivity contribution in [3.8, 4) is 11.5 Å². The minimum Gasteiger partial charge on any atom is -0.493 e. The Labute approximate surface area is 110 Å². The maximum Gasteiger partial charge on any atom is 0.166 e. The van der Waals surface area contributed by atoms with E-state index in [2.05, 4.69) is 15.9 Å². The van der Waals surface area contributed by atoms with Crippen LogP contribution >= 0.6 is 15.9 Å². The first kappa shape index (κ1) is 12.7. The van der Waals surface area contributed by atoms with Gasteiger partial charge in [-0.25, -0.2) is 0 Å². The summed E-state index contributed by atoms with van der Waals surface area (Å²) in [6.45, 7) is 3.26. The van der Waals surface area contributed by atoms with E-state index in [1.54, 1.807) is 7.11 Å². The van der Waals surface area contributed by atoms with E-state index in [9.17, 15) is 0 Å². The third-order valence-corrected chi connectivity index (χ3v) is 4.01. The Balaban J connectivity index is 2.54. The van der Waals surface area contributed by atoms with Gasteiger partial charge in [0.25, 0.3) is 0 Å².